The van der Waals surface area contributed by atoms with Crippen molar-refractivity contribution in [3.8, 4) is 11.4 Å². The quantitative estimate of drug-likeness (QED) is 0.779. The lowest BCUT2D eigenvalue weighted by molar-refractivity contribution is 0.319. The third kappa shape index (κ3) is 4.10. The van der Waals surface area contributed by atoms with Gasteiger partial charge in [-0.05, 0) is 45.1 Å². The highest BCUT2D eigenvalue weighted by Crippen LogP contribution is 2.24. The van der Waals surface area contributed by atoms with E-state index in [0.29, 0.717) is 5.89 Å². The Hall–Kier alpha value is -1.82. The minimum Gasteiger partial charge on any atom is -0.339 e. The summed E-state index contributed by atoms with van der Waals surface area (Å²) in [5, 5.41) is 3.80. The fraction of sp³-hybridized carbons (Fsp3) is 0.500. The molecule has 2 rings (SSSR count). The lowest BCUT2D eigenvalue weighted by Gasteiger charge is -2.14. The van der Waals surface area contributed by atoms with E-state index >= 15 is 0 Å². The normalized spacial score (nSPS) is 12.8. The van der Waals surface area contributed by atoms with E-state index in [9.17, 15) is 8.78 Å². The van der Waals surface area contributed by atoms with Crippen molar-refractivity contribution in [2.45, 2.75) is 32.6 Å². The van der Waals surface area contributed by atoms with Gasteiger partial charge in [0, 0.05) is 12.0 Å². The molecule has 0 bridgehead atoms. The first-order valence-electron chi connectivity index (χ1n) is 7.48. The maximum Gasteiger partial charge on any atom is 0.229 e. The van der Waals surface area contributed by atoms with Crippen molar-refractivity contribution in [1.29, 1.82) is 0 Å². The Labute approximate surface area is 129 Å². The van der Waals surface area contributed by atoms with E-state index in [2.05, 4.69) is 29.0 Å². The summed E-state index contributed by atoms with van der Waals surface area (Å²) in [6.07, 6.45) is 1.94. The molecule has 0 saturated heterocycles. The first-order valence-corrected chi connectivity index (χ1v) is 7.48. The van der Waals surface area contributed by atoms with Crippen LogP contribution < -0.4 is 0 Å². The number of rotatable bonds is 7. The van der Waals surface area contributed by atoms with Crippen LogP contribution in [0, 0.1) is 11.6 Å². The molecule has 2 aromatic rings. The molecule has 0 fully saturated rings. The lowest BCUT2D eigenvalue weighted by atomic mass is 10.1. The molecule has 4 nitrogen and oxygen atoms in total. The summed E-state index contributed by atoms with van der Waals surface area (Å²) in [4.78, 5) is 6.47. The summed E-state index contributed by atoms with van der Waals surface area (Å²) in [5.74, 6) is -0.569. The van der Waals surface area contributed by atoms with Gasteiger partial charge in [0.05, 0.1) is 5.56 Å². The molecule has 0 aliphatic rings. The highest BCUT2D eigenvalue weighted by atomic mass is 19.1. The summed E-state index contributed by atoms with van der Waals surface area (Å²) in [6, 6.07) is 3.31. The van der Waals surface area contributed by atoms with Crippen molar-refractivity contribution in [2.75, 3.05) is 20.1 Å². The summed E-state index contributed by atoms with van der Waals surface area (Å²) < 4.78 is 31.8. The zero-order valence-electron chi connectivity index (χ0n) is 13.1. The minimum atomic E-state index is -0.690. The second-order valence-corrected chi connectivity index (χ2v) is 5.52. The molecule has 0 unspecified atom stereocenters. The maximum atomic E-state index is 13.7. The third-order valence-electron chi connectivity index (χ3n) is 3.75. The van der Waals surface area contributed by atoms with E-state index in [-0.39, 0.29) is 17.3 Å². The zero-order chi connectivity index (χ0) is 16.1. The average Bonchev–Trinajstić information content (AvgIpc) is 2.96. The highest BCUT2D eigenvalue weighted by Gasteiger charge is 2.17. The molecule has 0 amide bonds. The molecule has 120 valence electrons. The second-order valence-electron chi connectivity index (χ2n) is 5.52. The number of aromatic nitrogens is 2. The van der Waals surface area contributed by atoms with E-state index in [0.717, 1.165) is 32.0 Å². The van der Waals surface area contributed by atoms with Crippen LogP contribution in [0.15, 0.2) is 22.7 Å². The number of nitrogens with zero attached hydrogens (tertiary/aromatic N) is 3. The predicted molar refractivity (Wildman–Crippen MR) is 80.5 cm³/mol. The van der Waals surface area contributed by atoms with Crippen LogP contribution in [0.3, 0.4) is 0 Å². The van der Waals surface area contributed by atoms with Crippen LogP contribution in [-0.2, 0) is 0 Å². The van der Waals surface area contributed by atoms with Crippen LogP contribution in [0.1, 0.15) is 38.5 Å². The molecule has 1 aromatic heterocycles. The molecule has 1 aromatic carbocycles. The van der Waals surface area contributed by atoms with Crippen LogP contribution in [0.25, 0.3) is 11.4 Å². The van der Waals surface area contributed by atoms with Gasteiger partial charge in [-0.2, -0.15) is 4.98 Å². The maximum absolute atomic E-state index is 13.7. The molecule has 6 heteroatoms. The summed E-state index contributed by atoms with van der Waals surface area (Å²) in [6.45, 7) is 6.15. The van der Waals surface area contributed by atoms with Crippen molar-refractivity contribution in [2.24, 2.45) is 0 Å². The first-order chi connectivity index (χ1) is 10.5. The second kappa shape index (κ2) is 7.45. The fourth-order valence-corrected chi connectivity index (χ4v) is 2.16. The van der Waals surface area contributed by atoms with Crippen LogP contribution >= 0.6 is 0 Å². The van der Waals surface area contributed by atoms with Crippen molar-refractivity contribution in [3.05, 3.63) is 35.7 Å². The Balaban J connectivity index is 2.01. The standard InChI is InChI=1S/C16H21F2N3O/c1-4-21(3)9-5-6-11(2)16-19-15(20-22-16)13-8-7-12(17)10-14(13)18/h7-8,10-11H,4-6,9H2,1-3H3/t11-/m1/s1. The van der Waals surface area contributed by atoms with Crippen molar-refractivity contribution in [3.63, 3.8) is 0 Å². The van der Waals surface area contributed by atoms with Crippen molar-refractivity contribution in [1.82, 2.24) is 15.0 Å². The molecule has 0 aliphatic carbocycles. The average molecular weight is 309 g/mol. The number of halogens is 2. The van der Waals surface area contributed by atoms with E-state index in [4.69, 9.17) is 4.52 Å². The predicted octanol–water partition coefficient (Wildman–Crippen LogP) is 3.85. The largest absolute Gasteiger partial charge is 0.339 e. The lowest BCUT2D eigenvalue weighted by Crippen LogP contribution is -2.19. The minimum absolute atomic E-state index is 0.106. The van der Waals surface area contributed by atoms with Crippen LogP contribution in [-0.4, -0.2) is 35.2 Å². The molecular weight excluding hydrogens is 288 g/mol. The van der Waals surface area contributed by atoms with Gasteiger partial charge in [-0.15, -0.1) is 0 Å². The number of benzene rings is 1. The monoisotopic (exact) mass is 309 g/mol. The first kappa shape index (κ1) is 16.5. The Morgan fingerprint density at radius 1 is 1.32 bits per heavy atom. The van der Waals surface area contributed by atoms with Crippen LogP contribution in [0.2, 0.25) is 0 Å². The van der Waals surface area contributed by atoms with Gasteiger partial charge in [-0.3, -0.25) is 0 Å². The van der Waals surface area contributed by atoms with Gasteiger partial charge >= 0.3 is 0 Å². The highest BCUT2D eigenvalue weighted by molar-refractivity contribution is 5.55. The van der Waals surface area contributed by atoms with Gasteiger partial charge < -0.3 is 9.42 Å². The van der Waals surface area contributed by atoms with Gasteiger partial charge in [-0.1, -0.05) is 19.0 Å². The van der Waals surface area contributed by atoms with Gasteiger partial charge in [0.1, 0.15) is 11.6 Å². The molecule has 0 aliphatic heterocycles. The van der Waals surface area contributed by atoms with Gasteiger partial charge in [0.2, 0.25) is 11.7 Å². The van der Waals surface area contributed by atoms with Crippen LogP contribution in [0.4, 0.5) is 8.78 Å². The molecule has 0 radical (unpaired) electrons. The summed E-state index contributed by atoms with van der Waals surface area (Å²) >= 11 is 0. The third-order valence-corrected chi connectivity index (χ3v) is 3.75. The summed E-state index contributed by atoms with van der Waals surface area (Å²) in [7, 11) is 2.08. The van der Waals surface area contributed by atoms with Gasteiger partial charge in [0.25, 0.3) is 0 Å². The Kier molecular flexibility index (Phi) is 5.60. The zero-order valence-corrected chi connectivity index (χ0v) is 13.1. The molecule has 0 N–H and O–H groups in total. The Bertz CT molecular complexity index is 615. The van der Waals surface area contributed by atoms with Crippen molar-refractivity contribution >= 4 is 0 Å². The molecule has 0 spiro atoms. The smallest absolute Gasteiger partial charge is 0.229 e. The van der Waals surface area contributed by atoms with E-state index in [1.807, 2.05) is 6.92 Å². The van der Waals surface area contributed by atoms with E-state index in [1.54, 1.807) is 0 Å². The number of hydrogen-bond donors (Lipinski definition) is 0. The fourth-order valence-electron chi connectivity index (χ4n) is 2.16. The van der Waals surface area contributed by atoms with Crippen LogP contribution in [0.5, 0.6) is 0 Å². The van der Waals surface area contributed by atoms with E-state index < -0.39 is 11.6 Å². The van der Waals surface area contributed by atoms with E-state index in [1.165, 1.54) is 12.1 Å². The summed E-state index contributed by atoms with van der Waals surface area (Å²) in [5.41, 5.74) is 0.148. The van der Waals surface area contributed by atoms with Crippen molar-refractivity contribution < 1.29 is 13.3 Å². The molecule has 22 heavy (non-hydrogen) atoms. The molecule has 0 saturated carbocycles. The Morgan fingerprint density at radius 3 is 2.77 bits per heavy atom. The number of hydrogen-bond acceptors (Lipinski definition) is 4. The molecular formula is C16H21F2N3O. The molecule has 1 atom stereocenters. The Morgan fingerprint density at radius 2 is 2.09 bits per heavy atom. The SMILES string of the molecule is CCN(C)CCC[C@@H](C)c1nc(-c2ccc(F)cc2F)no1. The molecule has 1 heterocycles. The topological polar surface area (TPSA) is 42.2 Å². The van der Waals surface area contributed by atoms with Gasteiger partial charge in [0.15, 0.2) is 0 Å². The van der Waals surface area contributed by atoms with Gasteiger partial charge in [-0.25, -0.2) is 8.78 Å².